The highest BCUT2D eigenvalue weighted by Crippen LogP contribution is 2.26. The third kappa shape index (κ3) is 3.85. The maximum Gasteiger partial charge on any atom is 0.330 e. The monoisotopic (exact) mass is 327 g/mol. The van der Waals surface area contributed by atoms with Crippen molar-refractivity contribution in [3.05, 3.63) is 42.7 Å². The van der Waals surface area contributed by atoms with Crippen molar-refractivity contribution in [1.82, 2.24) is 14.8 Å². The molecule has 128 valence electrons. The minimum atomic E-state index is -0.469. The van der Waals surface area contributed by atoms with Gasteiger partial charge in [-0.15, -0.1) is 5.06 Å². The lowest BCUT2D eigenvalue weighted by Crippen LogP contribution is -2.39. The maximum atomic E-state index is 12.0. The molecule has 2 heterocycles. The highest BCUT2D eigenvalue weighted by Gasteiger charge is 2.29. The van der Waals surface area contributed by atoms with Crippen molar-refractivity contribution >= 4 is 5.97 Å². The quantitative estimate of drug-likeness (QED) is 0.862. The van der Waals surface area contributed by atoms with Crippen LogP contribution in [0.3, 0.4) is 0 Å². The van der Waals surface area contributed by atoms with Crippen molar-refractivity contribution in [2.45, 2.75) is 39.7 Å². The van der Waals surface area contributed by atoms with Crippen LogP contribution in [0.25, 0.3) is 11.1 Å². The number of carbonyl (C=O) groups excluding carboxylic acids is 1. The number of carbonyl (C=O) groups is 1. The fourth-order valence-electron chi connectivity index (χ4n) is 2.77. The minimum absolute atomic E-state index is 0.175. The first-order chi connectivity index (χ1) is 11.4. The van der Waals surface area contributed by atoms with Gasteiger partial charge in [0.1, 0.15) is 0 Å². The van der Waals surface area contributed by atoms with Gasteiger partial charge in [-0.05, 0) is 39.2 Å². The van der Waals surface area contributed by atoms with Crippen LogP contribution in [0.4, 0.5) is 0 Å². The molecule has 1 aromatic heterocycles. The fraction of sp³-hybridized carbons (Fsp3) is 0.474. The van der Waals surface area contributed by atoms with E-state index in [0.717, 1.165) is 31.5 Å². The molecule has 1 aliphatic heterocycles. The zero-order valence-corrected chi connectivity index (χ0v) is 14.6. The summed E-state index contributed by atoms with van der Waals surface area (Å²) in [7, 11) is 0. The molecule has 0 amide bonds. The summed E-state index contributed by atoms with van der Waals surface area (Å²) in [4.78, 5) is 17.4. The van der Waals surface area contributed by atoms with Gasteiger partial charge < -0.3 is 4.84 Å². The molecule has 0 radical (unpaired) electrons. The van der Waals surface area contributed by atoms with Gasteiger partial charge in [0, 0.05) is 24.8 Å². The molecule has 0 atom stereocenters. The summed E-state index contributed by atoms with van der Waals surface area (Å²) in [5.41, 5.74) is 1.85. The summed E-state index contributed by atoms with van der Waals surface area (Å²) in [6, 6.07) is 10.6. The average molecular weight is 327 g/mol. The van der Waals surface area contributed by atoms with Gasteiger partial charge in [0.25, 0.3) is 0 Å². The molecule has 2 aromatic rings. The largest absolute Gasteiger partial charge is 0.367 e. The zero-order valence-electron chi connectivity index (χ0n) is 14.6. The fourth-order valence-corrected chi connectivity index (χ4v) is 2.77. The summed E-state index contributed by atoms with van der Waals surface area (Å²) in [5, 5.41) is 6.32. The number of hydrogen-bond acceptors (Lipinski definition) is 4. The molecule has 0 N–H and O–H groups in total. The molecule has 0 spiro atoms. The Morgan fingerprint density at radius 2 is 1.79 bits per heavy atom. The van der Waals surface area contributed by atoms with Crippen LogP contribution in [-0.4, -0.2) is 33.9 Å². The van der Waals surface area contributed by atoms with Crippen LogP contribution in [0.15, 0.2) is 42.7 Å². The van der Waals surface area contributed by atoms with Crippen LogP contribution in [0.1, 0.15) is 39.7 Å². The number of rotatable bonds is 3. The normalized spacial score (nSPS) is 17.0. The first-order valence-electron chi connectivity index (χ1n) is 8.50. The SMILES string of the molecule is CC(C)(C)C(=O)ON1CCC(n2cc(-c3ccccc3)cn2)CC1. The average Bonchev–Trinajstić information content (AvgIpc) is 3.05. The van der Waals surface area contributed by atoms with E-state index in [1.54, 1.807) is 5.06 Å². The molecule has 3 rings (SSSR count). The van der Waals surface area contributed by atoms with Gasteiger partial charge in [0.15, 0.2) is 0 Å². The zero-order chi connectivity index (χ0) is 17.2. The molecule has 0 aliphatic carbocycles. The Balaban J connectivity index is 1.58. The topological polar surface area (TPSA) is 47.4 Å². The van der Waals surface area contributed by atoms with Crippen LogP contribution >= 0.6 is 0 Å². The number of nitrogens with zero attached hydrogens (tertiary/aromatic N) is 3. The first kappa shape index (κ1) is 16.7. The van der Waals surface area contributed by atoms with Crippen LogP contribution in [0.5, 0.6) is 0 Å². The summed E-state index contributed by atoms with van der Waals surface area (Å²) < 4.78 is 2.05. The van der Waals surface area contributed by atoms with E-state index >= 15 is 0 Å². The molecule has 1 fully saturated rings. The predicted molar refractivity (Wildman–Crippen MR) is 93.1 cm³/mol. The van der Waals surface area contributed by atoms with Crippen molar-refractivity contribution in [3.8, 4) is 11.1 Å². The smallest absolute Gasteiger partial charge is 0.330 e. The molecule has 1 aromatic carbocycles. The minimum Gasteiger partial charge on any atom is -0.367 e. The van der Waals surface area contributed by atoms with E-state index < -0.39 is 5.41 Å². The van der Waals surface area contributed by atoms with Crippen LogP contribution in [0, 0.1) is 5.41 Å². The molecule has 0 bridgehead atoms. The van der Waals surface area contributed by atoms with E-state index in [4.69, 9.17) is 4.84 Å². The molecule has 0 saturated carbocycles. The van der Waals surface area contributed by atoms with Crippen molar-refractivity contribution < 1.29 is 9.63 Å². The standard InChI is InChI=1S/C19H25N3O2/c1-19(2,3)18(23)24-21-11-9-17(10-12-21)22-14-16(13-20-22)15-7-5-4-6-8-15/h4-8,13-14,17H,9-12H2,1-3H3. The lowest BCUT2D eigenvalue weighted by molar-refractivity contribution is -0.205. The number of benzene rings is 1. The molecule has 5 nitrogen and oxygen atoms in total. The Bertz CT molecular complexity index is 680. The third-order valence-electron chi connectivity index (χ3n) is 4.33. The molecular weight excluding hydrogens is 302 g/mol. The highest BCUT2D eigenvalue weighted by molar-refractivity contribution is 5.75. The summed E-state index contributed by atoms with van der Waals surface area (Å²) in [5.74, 6) is -0.175. The van der Waals surface area contributed by atoms with Gasteiger partial charge in [0.2, 0.25) is 0 Å². The van der Waals surface area contributed by atoms with E-state index in [-0.39, 0.29) is 5.97 Å². The number of hydrogen-bond donors (Lipinski definition) is 0. The Kier molecular flexibility index (Phi) is 4.71. The van der Waals surface area contributed by atoms with E-state index in [1.165, 1.54) is 5.56 Å². The van der Waals surface area contributed by atoms with Crippen molar-refractivity contribution in [2.24, 2.45) is 5.41 Å². The van der Waals surface area contributed by atoms with Crippen molar-refractivity contribution in [1.29, 1.82) is 0 Å². The van der Waals surface area contributed by atoms with Crippen LogP contribution < -0.4 is 0 Å². The van der Waals surface area contributed by atoms with E-state index in [2.05, 4.69) is 23.4 Å². The van der Waals surface area contributed by atoms with E-state index in [1.807, 2.05) is 49.8 Å². The van der Waals surface area contributed by atoms with E-state index in [0.29, 0.717) is 6.04 Å². The Morgan fingerprint density at radius 1 is 1.12 bits per heavy atom. The predicted octanol–water partition coefficient (Wildman–Crippen LogP) is 3.69. The van der Waals surface area contributed by atoms with Crippen LogP contribution in [0.2, 0.25) is 0 Å². The van der Waals surface area contributed by atoms with Gasteiger partial charge in [-0.3, -0.25) is 4.68 Å². The molecule has 24 heavy (non-hydrogen) atoms. The molecule has 0 unspecified atom stereocenters. The second-order valence-corrected chi connectivity index (χ2v) is 7.36. The summed E-state index contributed by atoms with van der Waals surface area (Å²) in [6.07, 6.45) is 5.87. The number of hydroxylamine groups is 2. The molecular formula is C19H25N3O2. The summed E-state index contributed by atoms with van der Waals surface area (Å²) >= 11 is 0. The number of piperidine rings is 1. The lowest BCUT2D eigenvalue weighted by Gasteiger charge is -2.32. The first-order valence-corrected chi connectivity index (χ1v) is 8.50. The van der Waals surface area contributed by atoms with Gasteiger partial charge in [-0.1, -0.05) is 30.3 Å². The van der Waals surface area contributed by atoms with Crippen molar-refractivity contribution in [2.75, 3.05) is 13.1 Å². The van der Waals surface area contributed by atoms with Crippen LogP contribution in [-0.2, 0) is 9.63 Å². The second-order valence-electron chi connectivity index (χ2n) is 7.36. The number of aromatic nitrogens is 2. The molecule has 1 saturated heterocycles. The summed E-state index contributed by atoms with van der Waals surface area (Å²) in [6.45, 7) is 7.10. The third-order valence-corrected chi connectivity index (χ3v) is 4.33. The van der Waals surface area contributed by atoms with Gasteiger partial charge in [-0.25, -0.2) is 4.79 Å². The van der Waals surface area contributed by atoms with Gasteiger partial charge in [0.05, 0.1) is 17.7 Å². The Morgan fingerprint density at radius 3 is 2.42 bits per heavy atom. The van der Waals surface area contributed by atoms with Gasteiger partial charge >= 0.3 is 5.97 Å². The van der Waals surface area contributed by atoms with Gasteiger partial charge in [-0.2, -0.15) is 5.10 Å². The lowest BCUT2D eigenvalue weighted by atomic mass is 9.98. The molecule has 1 aliphatic rings. The highest BCUT2D eigenvalue weighted by atomic mass is 16.7. The van der Waals surface area contributed by atoms with Crippen molar-refractivity contribution in [3.63, 3.8) is 0 Å². The Labute approximate surface area is 143 Å². The molecule has 5 heteroatoms. The van der Waals surface area contributed by atoms with E-state index in [9.17, 15) is 4.79 Å². The maximum absolute atomic E-state index is 12.0. The Hall–Kier alpha value is -2.14. The second kappa shape index (κ2) is 6.77.